The van der Waals surface area contributed by atoms with Crippen molar-refractivity contribution in [1.29, 1.82) is 0 Å². The zero-order chi connectivity index (χ0) is 21.3. The lowest BCUT2D eigenvalue weighted by atomic mass is 10.1. The Bertz CT molecular complexity index is 1020. The Morgan fingerprint density at radius 2 is 1.72 bits per heavy atom. The molecule has 0 saturated carbocycles. The van der Waals surface area contributed by atoms with Crippen molar-refractivity contribution in [1.82, 2.24) is 10.3 Å². The summed E-state index contributed by atoms with van der Waals surface area (Å²) in [7, 11) is 0. The van der Waals surface area contributed by atoms with Crippen LogP contribution in [0.3, 0.4) is 0 Å². The third kappa shape index (κ3) is 4.36. The summed E-state index contributed by atoms with van der Waals surface area (Å²) in [5, 5.41) is 2.50. The largest absolute Gasteiger partial charge is 0.444 e. The highest BCUT2D eigenvalue weighted by atomic mass is 19.4. The van der Waals surface area contributed by atoms with Crippen molar-refractivity contribution in [3.63, 3.8) is 0 Å². The fourth-order valence-corrected chi connectivity index (χ4v) is 2.52. The van der Waals surface area contributed by atoms with Gasteiger partial charge in [0.15, 0.2) is 5.69 Å². The first-order chi connectivity index (χ1) is 13.6. The monoisotopic (exact) mass is 411 g/mol. The number of halogens is 5. The molecule has 0 fully saturated rings. The minimum absolute atomic E-state index is 0.0545. The number of hydrogen-bond acceptors (Lipinski definition) is 4. The van der Waals surface area contributed by atoms with Crippen LogP contribution in [0.25, 0.3) is 11.5 Å². The zero-order valence-corrected chi connectivity index (χ0v) is 14.8. The summed E-state index contributed by atoms with van der Waals surface area (Å²) >= 11 is 0. The second kappa shape index (κ2) is 7.53. The fourth-order valence-electron chi connectivity index (χ4n) is 2.52. The first-order valence-electron chi connectivity index (χ1n) is 8.24. The van der Waals surface area contributed by atoms with Gasteiger partial charge in [-0.25, -0.2) is 13.8 Å². The van der Waals surface area contributed by atoms with Gasteiger partial charge in [-0.2, -0.15) is 13.2 Å². The SMILES string of the molecule is C[C@@H](NC(=O)c1coc(-c2ccc(C(F)(F)F)cc2)n1)c1cc(F)c(N)c(F)c1. The highest BCUT2D eigenvalue weighted by molar-refractivity contribution is 5.92. The highest BCUT2D eigenvalue weighted by Crippen LogP contribution is 2.31. The number of nitrogens with zero attached hydrogens (tertiary/aromatic N) is 1. The van der Waals surface area contributed by atoms with Gasteiger partial charge in [0.05, 0.1) is 11.6 Å². The number of carbonyl (C=O) groups is 1. The number of hydrogen-bond donors (Lipinski definition) is 2. The fraction of sp³-hybridized carbons (Fsp3) is 0.158. The first-order valence-corrected chi connectivity index (χ1v) is 8.24. The quantitative estimate of drug-likeness (QED) is 0.481. The van der Waals surface area contributed by atoms with Gasteiger partial charge in [0.25, 0.3) is 5.91 Å². The predicted molar refractivity (Wildman–Crippen MR) is 93.6 cm³/mol. The third-order valence-electron chi connectivity index (χ3n) is 4.14. The summed E-state index contributed by atoms with van der Waals surface area (Å²) in [5.74, 6) is -2.66. The van der Waals surface area contributed by atoms with E-state index in [2.05, 4.69) is 10.3 Å². The maximum Gasteiger partial charge on any atom is 0.416 e. The van der Waals surface area contributed by atoms with E-state index >= 15 is 0 Å². The average molecular weight is 411 g/mol. The lowest BCUT2D eigenvalue weighted by Gasteiger charge is -2.14. The number of nitrogens with two attached hydrogens (primary N) is 1. The van der Waals surface area contributed by atoms with E-state index in [1.807, 2.05) is 0 Å². The molecule has 0 aliphatic rings. The number of benzene rings is 2. The van der Waals surface area contributed by atoms with Gasteiger partial charge in [-0.1, -0.05) is 0 Å². The van der Waals surface area contributed by atoms with Crippen LogP contribution in [0.1, 0.15) is 34.6 Å². The number of nitrogens with one attached hydrogen (secondary N) is 1. The topological polar surface area (TPSA) is 81.2 Å². The third-order valence-corrected chi connectivity index (χ3v) is 4.14. The van der Waals surface area contributed by atoms with Crippen LogP contribution in [0.2, 0.25) is 0 Å². The van der Waals surface area contributed by atoms with Crippen molar-refractivity contribution in [2.45, 2.75) is 19.1 Å². The number of nitrogen functional groups attached to an aromatic ring is 1. The summed E-state index contributed by atoms with van der Waals surface area (Å²) < 4.78 is 70.2. The molecule has 1 aromatic heterocycles. The van der Waals surface area contributed by atoms with Gasteiger partial charge < -0.3 is 15.5 Å². The van der Waals surface area contributed by atoms with Crippen molar-refractivity contribution in [3.8, 4) is 11.5 Å². The molecular formula is C19H14F5N3O2. The van der Waals surface area contributed by atoms with Crippen LogP contribution >= 0.6 is 0 Å². The summed E-state index contributed by atoms with van der Waals surface area (Å²) in [6.45, 7) is 1.50. The molecule has 3 N–H and O–H groups in total. The normalized spacial score (nSPS) is 12.6. The Morgan fingerprint density at radius 3 is 2.28 bits per heavy atom. The molecule has 0 spiro atoms. The van der Waals surface area contributed by atoms with E-state index in [-0.39, 0.29) is 22.7 Å². The molecule has 1 heterocycles. The number of rotatable bonds is 4. The van der Waals surface area contributed by atoms with Crippen LogP contribution in [-0.4, -0.2) is 10.9 Å². The lowest BCUT2D eigenvalue weighted by Crippen LogP contribution is -2.27. The van der Waals surface area contributed by atoms with E-state index in [0.29, 0.717) is 0 Å². The number of carbonyl (C=O) groups excluding carboxylic acids is 1. The molecule has 0 unspecified atom stereocenters. The van der Waals surface area contributed by atoms with E-state index in [1.54, 1.807) is 0 Å². The highest BCUT2D eigenvalue weighted by Gasteiger charge is 2.30. The molecule has 3 aromatic rings. The minimum atomic E-state index is -4.47. The molecule has 29 heavy (non-hydrogen) atoms. The molecule has 2 aromatic carbocycles. The van der Waals surface area contributed by atoms with E-state index in [4.69, 9.17) is 10.2 Å². The van der Waals surface area contributed by atoms with Crippen LogP contribution in [-0.2, 0) is 6.18 Å². The Morgan fingerprint density at radius 1 is 1.14 bits per heavy atom. The molecule has 5 nitrogen and oxygen atoms in total. The van der Waals surface area contributed by atoms with Gasteiger partial charge in [-0.05, 0) is 48.9 Å². The molecule has 152 valence electrons. The summed E-state index contributed by atoms with van der Waals surface area (Å²) in [5.41, 5.74) is 4.00. The number of amides is 1. The number of oxazole rings is 1. The van der Waals surface area contributed by atoms with Gasteiger partial charge >= 0.3 is 6.18 Å². The number of anilines is 1. The molecule has 0 aliphatic carbocycles. The Hall–Kier alpha value is -3.43. The van der Waals surface area contributed by atoms with Gasteiger partial charge in [-0.3, -0.25) is 4.79 Å². The van der Waals surface area contributed by atoms with Gasteiger partial charge in [-0.15, -0.1) is 0 Å². The van der Waals surface area contributed by atoms with E-state index in [1.165, 1.54) is 19.1 Å². The molecule has 0 saturated heterocycles. The predicted octanol–water partition coefficient (Wildman–Crippen LogP) is 4.71. The molecular weight excluding hydrogens is 397 g/mol. The number of aromatic nitrogens is 1. The zero-order valence-electron chi connectivity index (χ0n) is 14.8. The Labute approximate surface area is 161 Å². The summed E-state index contributed by atoms with van der Waals surface area (Å²) in [6, 6.07) is 5.28. The van der Waals surface area contributed by atoms with Crippen LogP contribution in [0, 0.1) is 11.6 Å². The second-order valence-corrected chi connectivity index (χ2v) is 6.21. The van der Waals surface area contributed by atoms with Crippen molar-refractivity contribution >= 4 is 11.6 Å². The van der Waals surface area contributed by atoms with Gasteiger partial charge in [0.2, 0.25) is 5.89 Å². The molecule has 1 atom stereocenters. The molecule has 1 amide bonds. The van der Waals surface area contributed by atoms with Crippen molar-refractivity contribution < 1.29 is 31.2 Å². The molecule has 0 bridgehead atoms. The van der Waals surface area contributed by atoms with Crippen molar-refractivity contribution in [3.05, 3.63) is 71.1 Å². The molecule has 0 aliphatic heterocycles. The molecule has 3 rings (SSSR count). The van der Waals surface area contributed by atoms with Crippen LogP contribution in [0.15, 0.2) is 47.1 Å². The first kappa shape index (κ1) is 20.3. The maximum atomic E-state index is 13.6. The Balaban J connectivity index is 1.74. The van der Waals surface area contributed by atoms with Crippen LogP contribution < -0.4 is 11.1 Å². The smallest absolute Gasteiger partial charge is 0.416 e. The van der Waals surface area contributed by atoms with Crippen LogP contribution in [0.4, 0.5) is 27.6 Å². The van der Waals surface area contributed by atoms with E-state index in [9.17, 15) is 26.7 Å². The second-order valence-electron chi connectivity index (χ2n) is 6.21. The summed E-state index contributed by atoms with van der Waals surface area (Å²) in [6.07, 6.45) is -3.45. The standard InChI is InChI=1S/C19H14F5N3O2/c1-9(11-6-13(20)16(25)14(21)7-11)26-17(28)15-8-29-18(27-15)10-2-4-12(5-3-10)19(22,23)24/h2-9H,25H2,1H3,(H,26,28)/t9-/m1/s1. The van der Waals surface area contributed by atoms with Crippen molar-refractivity contribution in [2.24, 2.45) is 0 Å². The molecule has 0 radical (unpaired) electrons. The Kier molecular flexibility index (Phi) is 5.27. The van der Waals surface area contributed by atoms with Crippen molar-refractivity contribution in [2.75, 3.05) is 5.73 Å². The lowest BCUT2D eigenvalue weighted by molar-refractivity contribution is -0.137. The van der Waals surface area contributed by atoms with Gasteiger partial charge in [0, 0.05) is 5.56 Å². The minimum Gasteiger partial charge on any atom is -0.444 e. The molecule has 10 heteroatoms. The number of alkyl halides is 3. The average Bonchev–Trinajstić information content (AvgIpc) is 3.15. The van der Waals surface area contributed by atoms with Crippen LogP contribution in [0.5, 0.6) is 0 Å². The van der Waals surface area contributed by atoms with E-state index in [0.717, 1.165) is 30.5 Å². The van der Waals surface area contributed by atoms with E-state index < -0.39 is 41.0 Å². The maximum absolute atomic E-state index is 13.6. The van der Waals surface area contributed by atoms with Gasteiger partial charge in [0.1, 0.15) is 23.6 Å². The summed E-state index contributed by atoms with van der Waals surface area (Å²) in [4.78, 5) is 16.2.